The second kappa shape index (κ2) is 11.1. The largest absolute Gasteiger partial charge is 0.494 e. The van der Waals surface area contributed by atoms with Crippen LogP contribution in [0, 0.1) is 11.6 Å². The van der Waals surface area contributed by atoms with Crippen molar-refractivity contribution in [3.05, 3.63) is 76.9 Å². The number of carboxylic acids is 1. The topological polar surface area (TPSA) is 139 Å². The van der Waals surface area contributed by atoms with Crippen LogP contribution in [-0.4, -0.2) is 65.6 Å². The van der Waals surface area contributed by atoms with Crippen LogP contribution in [0.15, 0.2) is 42.5 Å². The third-order valence-electron chi connectivity index (χ3n) is 6.93. The van der Waals surface area contributed by atoms with E-state index in [1.54, 1.807) is 29.8 Å². The predicted molar refractivity (Wildman–Crippen MR) is 143 cm³/mol. The highest BCUT2D eigenvalue weighted by molar-refractivity contribution is 5.95. The highest BCUT2D eigenvalue weighted by Crippen LogP contribution is 2.32. The van der Waals surface area contributed by atoms with Gasteiger partial charge in [-0.3, -0.25) is 0 Å². The molecule has 1 fully saturated rings. The zero-order valence-corrected chi connectivity index (χ0v) is 22.6. The Hall–Kier alpha value is -4.98. The molecule has 216 valence electrons. The molecule has 1 aliphatic heterocycles. The van der Waals surface area contributed by atoms with Gasteiger partial charge >= 0.3 is 5.97 Å². The van der Waals surface area contributed by atoms with Crippen LogP contribution in [-0.2, 0) is 31.4 Å². The molecule has 0 amide bonds. The summed E-state index contributed by atoms with van der Waals surface area (Å²) in [5.41, 5.74) is 1.17. The van der Waals surface area contributed by atoms with E-state index in [1.165, 1.54) is 24.0 Å². The van der Waals surface area contributed by atoms with Crippen LogP contribution >= 0.6 is 0 Å². The van der Waals surface area contributed by atoms with Crippen LogP contribution in [0.1, 0.15) is 34.0 Å². The van der Waals surface area contributed by atoms with Crippen molar-refractivity contribution < 1.29 is 32.9 Å². The van der Waals surface area contributed by atoms with E-state index in [4.69, 9.17) is 14.2 Å². The van der Waals surface area contributed by atoms with Gasteiger partial charge in [0.1, 0.15) is 28.7 Å². The maximum absolute atomic E-state index is 15.5. The molecule has 1 atom stereocenters. The third kappa shape index (κ3) is 5.35. The smallest absolute Gasteiger partial charge is 0.335 e. The Morgan fingerprint density at radius 3 is 2.69 bits per heavy atom. The Morgan fingerprint density at radius 2 is 2.00 bits per heavy atom. The highest BCUT2D eigenvalue weighted by atomic mass is 19.1. The second-order valence-electron chi connectivity index (χ2n) is 9.72. The summed E-state index contributed by atoms with van der Waals surface area (Å²) in [6, 6.07) is 9.85. The van der Waals surface area contributed by atoms with Gasteiger partial charge in [-0.15, -0.1) is 10.2 Å². The summed E-state index contributed by atoms with van der Waals surface area (Å²) in [6.45, 7) is 1.00. The molecule has 4 heterocycles. The van der Waals surface area contributed by atoms with Gasteiger partial charge in [-0.05, 0) is 47.5 Å². The van der Waals surface area contributed by atoms with Gasteiger partial charge < -0.3 is 23.9 Å². The fourth-order valence-corrected chi connectivity index (χ4v) is 4.74. The van der Waals surface area contributed by atoms with Gasteiger partial charge in [0.2, 0.25) is 11.7 Å². The van der Waals surface area contributed by atoms with Crippen molar-refractivity contribution >= 4 is 17.0 Å². The molecular weight excluding hydrogens is 552 g/mol. The maximum Gasteiger partial charge on any atom is 0.335 e. The summed E-state index contributed by atoms with van der Waals surface area (Å²) in [5, 5.41) is 21.2. The van der Waals surface area contributed by atoms with Crippen LogP contribution in [0.25, 0.3) is 22.3 Å². The Balaban J connectivity index is 1.31. The Kier molecular flexibility index (Phi) is 7.20. The van der Waals surface area contributed by atoms with Crippen molar-refractivity contribution in [3.63, 3.8) is 0 Å². The molecule has 0 radical (unpaired) electrons. The summed E-state index contributed by atoms with van der Waals surface area (Å²) < 4.78 is 49.3. The molecule has 0 spiro atoms. The minimum absolute atomic E-state index is 0.00567. The van der Waals surface area contributed by atoms with Crippen LogP contribution in [0.2, 0.25) is 0 Å². The van der Waals surface area contributed by atoms with Gasteiger partial charge in [0, 0.05) is 24.7 Å². The van der Waals surface area contributed by atoms with Gasteiger partial charge in [0.25, 0.3) is 0 Å². The van der Waals surface area contributed by atoms with Crippen molar-refractivity contribution in [2.24, 2.45) is 7.05 Å². The molecule has 1 aliphatic rings. The zero-order chi connectivity index (χ0) is 29.4. The molecule has 1 N–H and O–H groups in total. The van der Waals surface area contributed by atoms with Crippen molar-refractivity contribution in [3.8, 4) is 22.9 Å². The average Bonchev–Trinajstić information content (AvgIpc) is 3.53. The number of methoxy groups -OCH3 is 1. The van der Waals surface area contributed by atoms with Crippen molar-refractivity contribution in [2.45, 2.75) is 32.1 Å². The predicted octanol–water partition coefficient (Wildman–Crippen LogP) is 3.57. The van der Waals surface area contributed by atoms with Gasteiger partial charge in [-0.1, -0.05) is 6.07 Å². The van der Waals surface area contributed by atoms with Crippen LogP contribution < -0.4 is 9.47 Å². The number of imidazole rings is 1. The summed E-state index contributed by atoms with van der Waals surface area (Å²) in [4.78, 5) is 22.0. The van der Waals surface area contributed by atoms with E-state index in [1.807, 2.05) is 0 Å². The monoisotopic (exact) mass is 577 g/mol. The number of nitrogens with zero attached hydrogens (tertiary/aromatic N) is 7. The Labute approximate surface area is 237 Å². The molecule has 3 aromatic heterocycles. The van der Waals surface area contributed by atoms with Gasteiger partial charge in [0.05, 0.1) is 43.6 Å². The van der Waals surface area contributed by atoms with E-state index in [0.29, 0.717) is 35.8 Å². The van der Waals surface area contributed by atoms with Gasteiger partial charge in [-0.2, -0.15) is 4.80 Å². The SMILES string of the molecule is COc1cc(C(=O)O)cc2c1nc(Cc1cc(F)c(-c3cccc(OCc4nnn(C)n4)n3)cc1F)n2CC1CCO1. The summed E-state index contributed by atoms with van der Waals surface area (Å²) >= 11 is 0. The van der Waals surface area contributed by atoms with Crippen molar-refractivity contribution in [2.75, 3.05) is 13.7 Å². The first-order valence-corrected chi connectivity index (χ1v) is 13.0. The minimum Gasteiger partial charge on any atom is -0.494 e. The molecule has 1 unspecified atom stereocenters. The number of hydrogen-bond donors (Lipinski definition) is 1. The number of aromatic carboxylic acids is 1. The lowest BCUT2D eigenvalue weighted by Crippen LogP contribution is -2.31. The summed E-state index contributed by atoms with van der Waals surface area (Å²) in [5.74, 6) is -1.24. The third-order valence-corrected chi connectivity index (χ3v) is 6.93. The lowest BCUT2D eigenvalue weighted by atomic mass is 10.0. The number of pyridine rings is 1. The first-order valence-electron chi connectivity index (χ1n) is 13.0. The molecular formula is C28H25F2N7O5. The van der Waals surface area contributed by atoms with E-state index in [-0.39, 0.29) is 53.1 Å². The number of ether oxygens (including phenoxy) is 3. The number of carbonyl (C=O) groups is 1. The fourth-order valence-electron chi connectivity index (χ4n) is 4.74. The zero-order valence-electron chi connectivity index (χ0n) is 22.6. The minimum atomic E-state index is -1.12. The number of tetrazole rings is 1. The van der Waals surface area contributed by atoms with E-state index in [9.17, 15) is 9.90 Å². The van der Waals surface area contributed by atoms with Crippen LogP contribution in [0.3, 0.4) is 0 Å². The highest BCUT2D eigenvalue weighted by Gasteiger charge is 2.25. The number of aryl methyl sites for hydroxylation is 1. The number of benzene rings is 2. The Bertz CT molecular complexity index is 1800. The summed E-state index contributed by atoms with van der Waals surface area (Å²) in [6.07, 6.45) is 0.657. The van der Waals surface area contributed by atoms with Crippen LogP contribution in [0.4, 0.5) is 8.78 Å². The first kappa shape index (κ1) is 27.2. The number of fused-ring (bicyclic) bond motifs is 1. The fraction of sp³-hybridized carbons (Fsp3) is 0.286. The molecule has 6 rings (SSSR count). The molecule has 12 nitrogen and oxygen atoms in total. The maximum atomic E-state index is 15.5. The quantitative estimate of drug-likeness (QED) is 0.262. The van der Waals surface area contributed by atoms with Crippen molar-refractivity contribution in [1.82, 2.24) is 34.7 Å². The van der Waals surface area contributed by atoms with E-state index in [2.05, 4.69) is 25.4 Å². The normalized spacial score (nSPS) is 14.6. The molecule has 0 saturated carbocycles. The van der Waals surface area contributed by atoms with Crippen molar-refractivity contribution in [1.29, 1.82) is 0 Å². The molecule has 0 bridgehead atoms. The standard InChI is InChI=1S/C28H25F2N7O5/c1-36-34-24(33-35-36)14-42-26-5-3-4-21(31-26)18-12-19(29)15(8-20(18)30)11-25-32-27-22(37(25)13-17-6-7-41-17)9-16(28(38)39)10-23(27)40-2/h3-5,8-10,12,17H,6-7,11,13-14H2,1-2H3,(H,38,39). The Morgan fingerprint density at radius 1 is 1.17 bits per heavy atom. The van der Waals surface area contributed by atoms with Gasteiger partial charge in [-0.25, -0.2) is 23.5 Å². The molecule has 14 heteroatoms. The lowest BCUT2D eigenvalue weighted by molar-refractivity contribution is -0.0589. The van der Waals surface area contributed by atoms with E-state index < -0.39 is 17.6 Å². The molecule has 5 aromatic rings. The lowest BCUT2D eigenvalue weighted by Gasteiger charge is -2.27. The second-order valence-corrected chi connectivity index (χ2v) is 9.72. The van der Waals surface area contributed by atoms with Crippen LogP contribution in [0.5, 0.6) is 11.6 Å². The van der Waals surface area contributed by atoms with E-state index >= 15 is 8.78 Å². The van der Waals surface area contributed by atoms with E-state index in [0.717, 1.165) is 18.6 Å². The summed E-state index contributed by atoms with van der Waals surface area (Å²) in [7, 11) is 3.05. The molecule has 42 heavy (non-hydrogen) atoms. The first-order chi connectivity index (χ1) is 20.3. The molecule has 1 saturated heterocycles. The number of halogens is 2. The molecule has 2 aromatic carbocycles. The number of carboxylic acid groups (broad SMARTS) is 1. The average molecular weight is 578 g/mol. The number of hydrogen-bond acceptors (Lipinski definition) is 9. The number of rotatable bonds is 10. The van der Waals surface area contributed by atoms with Gasteiger partial charge in [0.15, 0.2) is 6.61 Å². The number of aromatic nitrogens is 7. The molecule has 0 aliphatic carbocycles.